The quantitative estimate of drug-likeness (QED) is 0.775. The molecule has 25 heavy (non-hydrogen) atoms. The number of sulfonamides is 1. The number of benzene rings is 3. The zero-order valence-electron chi connectivity index (χ0n) is 13.7. The second-order valence-electron chi connectivity index (χ2n) is 6.46. The van der Waals surface area contributed by atoms with Gasteiger partial charge in [-0.15, -0.1) is 0 Å². The third-order valence-corrected chi connectivity index (χ3v) is 6.01. The van der Waals surface area contributed by atoms with Crippen molar-refractivity contribution in [3.8, 4) is 0 Å². The molecule has 3 aromatic carbocycles. The van der Waals surface area contributed by atoms with Crippen molar-refractivity contribution in [3.63, 3.8) is 0 Å². The average molecular weight is 351 g/mol. The number of carbonyl (C=O) groups excluding carboxylic acids is 1. The highest BCUT2D eigenvalue weighted by Crippen LogP contribution is 2.30. The summed E-state index contributed by atoms with van der Waals surface area (Å²) in [5.74, 6) is 0.0316. The van der Waals surface area contributed by atoms with E-state index in [0.29, 0.717) is 17.7 Å². The molecule has 0 fully saturated rings. The molecule has 5 heteroatoms. The molecule has 1 N–H and O–H groups in total. The van der Waals surface area contributed by atoms with Crippen LogP contribution >= 0.6 is 0 Å². The zero-order valence-corrected chi connectivity index (χ0v) is 14.5. The van der Waals surface area contributed by atoms with Crippen molar-refractivity contribution in [2.75, 3.05) is 4.72 Å². The third kappa shape index (κ3) is 2.81. The van der Waals surface area contributed by atoms with Crippen molar-refractivity contribution in [2.45, 2.75) is 18.2 Å². The molecule has 0 heterocycles. The summed E-state index contributed by atoms with van der Waals surface area (Å²) < 4.78 is 28.0. The van der Waals surface area contributed by atoms with Gasteiger partial charge in [0.1, 0.15) is 0 Å². The van der Waals surface area contributed by atoms with E-state index >= 15 is 0 Å². The summed E-state index contributed by atoms with van der Waals surface area (Å²) in [5, 5.41) is 1.85. The van der Waals surface area contributed by atoms with E-state index in [-0.39, 0.29) is 16.6 Å². The van der Waals surface area contributed by atoms with Gasteiger partial charge in [0.05, 0.1) is 4.90 Å². The van der Waals surface area contributed by atoms with Gasteiger partial charge in [0.2, 0.25) is 0 Å². The molecule has 1 aliphatic carbocycles. The molecular formula is C20H17NO3S. The highest BCUT2D eigenvalue weighted by molar-refractivity contribution is 7.92. The average Bonchev–Trinajstić information content (AvgIpc) is 2.88. The second kappa shape index (κ2) is 5.70. The minimum atomic E-state index is -3.71. The normalized spacial score (nSPS) is 16.8. The zero-order chi connectivity index (χ0) is 17.6. The molecule has 3 aromatic rings. The fourth-order valence-corrected chi connectivity index (χ4v) is 4.37. The van der Waals surface area contributed by atoms with Crippen LogP contribution in [0.5, 0.6) is 0 Å². The number of carbonyl (C=O) groups is 1. The molecule has 126 valence electrons. The van der Waals surface area contributed by atoms with Crippen LogP contribution in [0.1, 0.15) is 22.8 Å². The standard InChI is InChI=1S/C20H17NO3S/c1-13-10-16-6-8-17(12-19(16)20(13)22)21-25(23,24)18-9-7-14-4-2-3-5-15(14)11-18/h2-9,11-13,21H,10H2,1H3. The van der Waals surface area contributed by atoms with Crippen LogP contribution in [0.15, 0.2) is 65.6 Å². The van der Waals surface area contributed by atoms with Crippen molar-refractivity contribution < 1.29 is 13.2 Å². The molecule has 1 atom stereocenters. The van der Waals surface area contributed by atoms with Crippen molar-refractivity contribution in [1.82, 2.24) is 0 Å². The van der Waals surface area contributed by atoms with E-state index in [1.165, 1.54) is 0 Å². The predicted octanol–water partition coefficient (Wildman–Crippen LogP) is 4.02. The molecule has 0 saturated heterocycles. The lowest BCUT2D eigenvalue weighted by atomic mass is 10.1. The van der Waals surface area contributed by atoms with Gasteiger partial charge in [-0.1, -0.05) is 43.3 Å². The smallest absolute Gasteiger partial charge is 0.261 e. The van der Waals surface area contributed by atoms with Gasteiger partial charge >= 0.3 is 0 Å². The largest absolute Gasteiger partial charge is 0.294 e. The summed E-state index contributed by atoms with van der Waals surface area (Å²) in [6.07, 6.45) is 0.714. The molecule has 0 spiro atoms. The summed E-state index contributed by atoms with van der Waals surface area (Å²) in [4.78, 5) is 12.4. The number of rotatable bonds is 3. The number of hydrogen-bond donors (Lipinski definition) is 1. The van der Waals surface area contributed by atoms with Crippen molar-refractivity contribution >= 4 is 32.3 Å². The highest BCUT2D eigenvalue weighted by atomic mass is 32.2. The first kappa shape index (κ1) is 15.8. The lowest BCUT2D eigenvalue weighted by Gasteiger charge is -2.10. The van der Waals surface area contributed by atoms with Crippen molar-refractivity contribution in [2.24, 2.45) is 5.92 Å². The fraction of sp³-hybridized carbons (Fsp3) is 0.150. The Hall–Kier alpha value is -2.66. The van der Waals surface area contributed by atoms with E-state index in [9.17, 15) is 13.2 Å². The molecular weight excluding hydrogens is 334 g/mol. The molecule has 0 aromatic heterocycles. The molecule has 4 rings (SSSR count). The Morgan fingerprint density at radius 1 is 0.960 bits per heavy atom. The first-order valence-corrected chi connectivity index (χ1v) is 9.61. The van der Waals surface area contributed by atoms with E-state index in [0.717, 1.165) is 16.3 Å². The first-order valence-electron chi connectivity index (χ1n) is 8.13. The first-order chi connectivity index (χ1) is 11.9. The minimum Gasteiger partial charge on any atom is -0.294 e. The van der Waals surface area contributed by atoms with Gasteiger partial charge in [0, 0.05) is 17.2 Å². The maximum atomic E-state index is 12.7. The van der Waals surface area contributed by atoms with Crippen LogP contribution in [0.25, 0.3) is 10.8 Å². The summed E-state index contributed by atoms with van der Waals surface area (Å²) in [7, 11) is -3.71. The van der Waals surface area contributed by atoms with Crippen LogP contribution < -0.4 is 4.72 Å². The summed E-state index contributed by atoms with van der Waals surface area (Å²) in [6, 6.07) is 17.8. The van der Waals surface area contributed by atoms with Crippen LogP contribution in [0.4, 0.5) is 5.69 Å². The topological polar surface area (TPSA) is 63.2 Å². The van der Waals surface area contributed by atoms with Gasteiger partial charge in [-0.25, -0.2) is 8.42 Å². The van der Waals surface area contributed by atoms with Gasteiger partial charge < -0.3 is 0 Å². The SMILES string of the molecule is CC1Cc2ccc(NS(=O)(=O)c3ccc4ccccc4c3)cc2C1=O. The van der Waals surface area contributed by atoms with Gasteiger partial charge in [0.25, 0.3) is 10.0 Å². The van der Waals surface area contributed by atoms with E-state index in [1.54, 1.807) is 30.3 Å². The monoisotopic (exact) mass is 351 g/mol. The Kier molecular flexibility index (Phi) is 3.62. The summed E-state index contributed by atoms with van der Waals surface area (Å²) in [6.45, 7) is 1.89. The predicted molar refractivity (Wildman–Crippen MR) is 98.4 cm³/mol. The van der Waals surface area contributed by atoms with Crippen LogP contribution in [0.3, 0.4) is 0 Å². The summed E-state index contributed by atoms with van der Waals surface area (Å²) >= 11 is 0. The van der Waals surface area contributed by atoms with Gasteiger partial charge in [-0.3, -0.25) is 9.52 Å². The Balaban J connectivity index is 1.68. The van der Waals surface area contributed by atoms with Gasteiger partial charge in [-0.2, -0.15) is 0 Å². The molecule has 0 radical (unpaired) electrons. The Labute approximate surface area is 146 Å². The van der Waals surface area contributed by atoms with Crippen LogP contribution in [-0.4, -0.2) is 14.2 Å². The maximum absolute atomic E-state index is 12.7. The van der Waals surface area contributed by atoms with Crippen molar-refractivity contribution in [1.29, 1.82) is 0 Å². The Bertz CT molecular complexity index is 1100. The number of ketones is 1. The number of Topliss-reactive ketones (excluding diaryl/α,β-unsaturated/α-hetero) is 1. The fourth-order valence-electron chi connectivity index (χ4n) is 3.28. The molecule has 1 aliphatic rings. The second-order valence-corrected chi connectivity index (χ2v) is 8.14. The van der Waals surface area contributed by atoms with Gasteiger partial charge in [0.15, 0.2) is 5.78 Å². The van der Waals surface area contributed by atoms with Gasteiger partial charge in [-0.05, 0) is 47.0 Å². The lowest BCUT2D eigenvalue weighted by molar-refractivity contribution is 0.0946. The number of nitrogens with one attached hydrogen (secondary N) is 1. The van der Waals surface area contributed by atoms with E-state index < -0.39 is 10.0 Å². The Morgan fingerprint density at radius 2 is 1.72 bits per heavy atom. The lowest BCUT2D eigenvalue weighted by Crippen LogP contribution is -2.13. The van der Waals surface area contributed by atoms with Crippen LogP contribution in [0.2, 0.25) is 0 Å². The minimum absolute atomic E-state index is 0.0395. The van der Waals surface area contributed by atoms with Crippen LogP contribution in [0, 0.1) is 5.92 Å². The number of anilines is 1. The van der Waals surface area contributed by atoms with Crippen LogP contribution in [-0.2, 0) is 16.4 Å². The summed E-state index contributed by atoms with van der Waals surface area (Å²) in [5.41, 5.74) is 2.01. The molecule has 0 bridgehead atoms. The van der Waals surface area contributed by atoms with E-state index in [1.807, 2.05) is 37.3 Å². The van der Waals surface area contributed by atoms with E-state index in [4.69, 9.17) is 0 Å². The molecule has 0 aliphatic heterocycles. The van der Waals surface area contributed by atoms with Crippen molar-refractivity contribution in [3.05, 3.63) is 71.8 Å². The Morgan fingerprint density at radius 3 is 2.52 bits per heavy atom. The third-order valence-electron chi connectivity index (χ3n) is 4.63. The molecule has 1 unspecified atom stereocenters. The number of hydrogen-bond acceptors (Lipinski definition) is 3. The highest BCUT2D eigenvalue weighted by Gasteiger charge is 2.27. The molecule has 0 amide bonds. The number of fused-ring (bicyclic) bond motifs is 2. The molecule has 0 saturated carbocycles. The van der Waals surface area contributed by atoms with E-state index in [2.05, 4.69) is 4.72 Å². The maximum Gasteiger partial charge on any atom is 0.261 e. The molecule has 4 nitrogen and oxygen atoms in total.